The van der Waals surface area contributed by atoms with Gasteiger partial charge in [0.2, 0.25) is 0 Å². The maximum absolute atomic E-state index is 14.5. The Morgan fingerprint density at radius 2 is 1.61 bits per heavy atom. The number of rotatable bonds is 6. The lowest BCUT2D eigenvalue weighted by Gasteiger charge is -2.59. The van der Waals surface area contributed by atoms with Crippen molar-refractivity contribution in [2.24, 2.45) is 23.2 Å². The molecule has 1 heterocycles. The summed E-state index contributed by atoms with van der Waals surface area (Å²) in [7, 11) is 0. The number of halogens is 1. The Bertz CT molecular complexity index is 1500. The molecular formula is C35H35FN2O2S. The Labute approximate surface area is 245 Å². The highest BCUT2D eigenvalue weighted by molar-refractivity contribution is 8.04. The molecule has 4 fully saturated rings. The van der Waals surface area contributed by atoms with Gasteiger partial charge in [-0.15, -0.1) is 0 Å². The molecule has 4 saturated carbocycles. The molecule has 3 aromatic rings. The monoisotopic (exact) mass is 566 g/mol. The normalized spacial score (nSPS) is 28.0. The van der Waals surface area contributed by atoms with Crippen LogP contribution < -0.4 is 10.2 Å². The summed E-state index contributed by atoms with van der Waals surface area (Å²) in [5, 5.41) is 3.36. The molecule has 210 valence electrons. The predicted octanol–water partition coefficient (Wildman–Crippen LogP) is 7.84. The minimum Gasteiger partial charge on any atom is -0.349 e. The highest BCUT2D eigenvalue weighted by Gasteiger charge is 2.53. The molecule has 5 aliphatic rings. The lowest BCUT2D eigenvalue weighted by Crippen LogP contribution is -2.55. The van der Waals surface area contributed by atoms with E-state index < -0.39 is 0 Å². The van der Waals surface area contributed by atoms with Gasteiger partial charge in [-0.1, -0.05) is 54.2 Å². The van der Waals surface area contributed by atoms with Crippen LogP contribution in [0.25, 0.3) is 6.08 Å². The number of carbonyl (C=O) groups is 2. The van der Waals surface area contributed by atoms with E-state index in [0.29, 0.717) is 16.0 Å². The molecule has 0 aromatic heterocycles. The maximum Gasteiger partial charge on any atom is 0.265 e. The van der Waals surface area contributed by atoms with Gasteiger partial charge in [-0.3, -0.25) is 9.59 Å². The third-order valence-electron chi connectivity index (χ3n) is 9.94. The van der Waals surface area contributed by atoms with Gasteiger partial charge < -0.3 is 10.2 Å². The van der Waals surface area contributed by atoms with Crippen LogP contribution in [0.1, 0.15) is 66.9 Å². The second-order valence-electron chi connectivity index (χ2n) is 12.7. The van der Waals surface area contributed by atoms with Gasteiger partial charge in [-0.05, 0) is 111 Å². The standard InChI is InChI=1S/C35H35FN2O2S/c1-22(35-18-24-14-25(19-35)16-26(15-24)20-35)37-33(39)27-12-10-23(11-13-27)17-32-34(40)38(21-28-6-2-3-7-29(28)36)30-8-4-5-9-31(30)41-32/h2-13,17,22,24-26H,14-16,18-21H2,1H3,(H,37,39)/b32-17+/t22-,24?,25?,26?,35?/m0/s1. The smallest absolute Gasteiger partial charge is 0.265 e. The summed E-state index contributed by atoms with van der Waals surface area (Å²) < 4.78 is 14.5. The average molecular weight is 567 g/mol. The van der Waals surface area contributed by atoms with Crippen molar-refractivity contribution in [2.75, 3.05) is 4.90 Å². The third kappa shape index (κ3) is 5.01. The van der Waals surface area contributed by atoms with E-state index in [4.69, 9.17) is 0 Å². The van der Waals surface area contributed by atoms with Crippen LogP contribution in [-0.4, -0.2) is 17.9 Å². The maximum atomic E-state index is 14.5. The quantitative estimate of drug-likeness (QED) is 0.309. The van der Waals surface area contributed by atoms with E-state index in [9.17, 15) is 14.0 Å². The molecule has 6 heteroatoms. The number of hydrogen-bond acceptors (Lipinski definition) is 3. The lowest BCUT2D eigenvalue weighted by atomic mass is 9.48. The fraction of sp³-hybridized carbons (Fsp3) is 0.371. The van der Waals surface area contributed by atoms with Crippen molar-refractivity contribution >= 4 is 35.3 Å². The van der Waals surface area contributed by atoms with Gasteiger partial charge in [0.1, 0.15) is 5.82 Å². The summed E-state index contributed by atoms with van der Waals surface area (Å²) in [6.07, 6.45) is 9.82. The first-order valence-corrected chi connectivity index (χ1v) is 15.6. The van der Waals surface area contributed by atoms with E-state index in [1.807, 2.05) is 54.6 Å². The van der Waals surface area contributed by atoms with Crippen LogP contribution in [0, 0.1) is 29.0 Å². The van der Waals surface area contributed by atoms with Crippen molar-refractivity contribution in [3.8, 4) is 0 Å². The van der Waals surface area contributed by atoms with Gasteiger partial charge in [-0.25, -0.2) is 4.39 Å². The van der Waals surface area contributed by atoms with Crippen LogP contribution in [0.3, 0.4) is 0 Å². The van der Waals surface area contributed by atoms with E-state index in [-0.39, 0.29) is 35.6 Å². The van der Waals surface area contributed by atoms with Crippen LogP contribution in [0.4, 0.5) is 10.1 Å². The second-order valence-corrected chi connectivity index (χ2v) is 13.7. The number of anilines is 1. The molecular weight excluding hydrogens is 531 g/mol. The largest absolute Gasteiger partial charge is 0.349 e. The molecule has 0 saturated heterocycles. The van der Waals surface area contributed by atoms with E-state index in [0.717, 1.165) is 33.9 Å². The highest BCUT2D eigenvalue weighted by atomic mass is 32.2. The topological polar surface area (TPSA) is 49.4 Å². The number of fused-ring (bicyclic) bond motifs is 1. The zero-order valence-electron chi connectivity index (χ0n) is 23.3. The molecule has 4 nitrogen and oxygen atoms in total. The van der Waals surface area contributed by atoms with E-state index in [1.165, 1.54) is 56.4 Å². The molecule has 4 bridgehead atoms. The summed E-state index contributed by atoms with van der Waals surface area (Å²) in [5.74, 6) is 2.03. The van der Waals surface area contributed by atoms with Crippen LogP contribution >= 0.6 is 11.8 Å². The Kier molecular flexibility index (Phi) is 6.77. The van der Waals surface area contributed by atoms with Gasteiger partial charge in [0.25, 0.3) is 11.8 Å². The van der Waals surface area contributed by atoms with Gasteiger partial charge >= 0.3 is 0 Å². The Morgan fingerprint density at radius 1 is 0.976 bits per heavy atom. The summed E-state index contributed by atoms with van der Waals surface area (Å²) in [6, 6.07) is 21.9. The molecule has 3 aromatic carbocycles. The van der Waals surface area contributed by atoms with Crippen molar-refractivity contribution in [3.05, 3.63) is 100 Å². The van der Waals surface area contributed by atoms with Crippen LogP contribution in [0.2, 0.25) is 0 Å². The SMILES string of the molecule is C[C@H](NC(=O)c1ccc(/C=C2/Sc3ccccc3N(Cc3ccccc3F)C2=O)cc1)C12CC3CC(CC(C3)C1)C2. The predicted molar refractivity (Wildman–Crippen MR) is 162 cm³/mol. The number of amides is 2. The number of benzene rings is 3. The number of para-hydroxylation sites is 1. The van der Waals surface area contributed by atoms with Crippen molar-refractivity contribution in [3.63, 3.8) is 0 Å². The van der Waals surface area contributed by atoms with Crippen LogP contribution in [-0.2, 0) is 11.3 Å². The van der Waals surface area contributed by atoms with Gasteiger partial charge in [0.05, 0.1) is 17.1 Å². The third-order valence-corrected chi connectivity index (χ3v) is 11.0. The van der Waals surface area contributed by atoms with Crippen molar-refractivity contribution in [1.82, 2.24) is 5.32 Å². The van der Waals surface area contributed by atoms with E-state index >= 15 is 0 Å². The number of hydrogen-bond donors (Lipinski definition) is 1. The Hall–Kier alpha value is -3.38. The molecule has 0 spiro atoms. The number of thioether (sulfide) groups is 1. The van der Waals surface area contributed by atoms with E-state index in [2.05, 4.69) is 12.2 Å². The zero-order chi connectivity index (χ0) is 28.1. The molecule has 8 rings (SSSR count). The average Bonchev–Trinajstić information content (AvgIpc) is 2.96. The summed E-state index contributed by atoms with van der Waals surface area (Å²) in [6.45, 7) is 2.36. The minimum absolute atomic E-state index is 0.0273. The molecule has 0 unspecified atom stereocenters. The first-order chi connectivity index (χ1) is 19.9. The minimum atomic E-state index is -0.326. The second kappa shape index (κ2) is 10.5. The Morgan fingerprint density at radius 3 is 2.29 bits per heavy atom. The molecule has 2 amide bonds. The van der Waals surface area contributed by atoms with Crippen LogP contribution in [0.15, 0.2) is 82.6 Å². The Balaban J connectivity index is 1.08. The molecule has 1 aliphatic heterocycles. The summed E-state index contributed by atoms with van der Waals surface area (Å²) in [5.41, 5.74) is 3.00. The first-order valence-electron chi connectivity index (χ1n) is 14.8. The van der Waals surface area contributed by atoms with Gasteiger partial charge in [-0.2, -0.15) is 0 Å². The number of carbonyl (C=O) groups excluding carboxylic acids is 2. The highest BCUT2D eigenvalue weighted by Crippen LogP contribution is 2.61. The van der Waals surface area contributed by atoms with Gasteiger partial charge in [0, 0.05) is 22.1 Å². The summed E-state index contributed by atoms with van der Waals surface area (Å²) >= 11 is 1.42. The van der Waals surface area contributed by atoms with Crippen molar-refractivity contribution in [1.29, 1.82) is 0 Å². The van der Waals surface area contributed by atoms with Crippen molar-refractivity contribution in [2.45, 2.75) is 62.9 Å². The fourth-order valence-electron chi connectivity index (χ4n) is 8.24. The molecule has 1 atom stereocenters. The van der Waals surface area contributed by atoms with Crippen LogP contribution in [0.5, 0.6) is 0 Å². The molecule has 41 heavy (non-hydrogen) atoms. The number of nitrogens with zero attached hydrogens (tertiary/aromatic N) is 1. The first kappa shape index (κ1) is 26.5. The lowest BCUT2D eigenvalue weighted by molar-refractivity contribution is -0.114. The molecule has 1 N–H and O–H groups in total. The number of nitrogens with one attached hydrogen (secondary N) is 1. The van der Waals surface area contributed by atoms with E-state index in [1.54, 1.807) is 23.1 Å². The summed E-state index contributed by atoms with van der Waals surface area (Å²) in [4.78, 5) is 30.0. The fourth-order valence-corrected chi connectivity index (χ4v) is 9.30. The van der Waals surface area contributed by atoms with Crippen molar-refractivity contribution < 1.29 is 14.0 Å². The van der Waals surface area contributed by atoms with Gasteiger partial charge in [0.15, 0.2) is 0 Å². The molecule has 0 radical (unpaired) electrons. The molecule has 4 aliphatic carbocycles. The zero-order valence-corrected chi connectivity index (χ0v) is 24.1.